The average molecular weight is 461 g/mol. The number of ether oxygens (including phenoxy) is 3. The van der Waals surface area contributed by atoms with Crippen molar-refractivity contribution in [2.45, 2.75) is 12.0 Å². The standard InChI is InChI=1S/C20H17ClN4O7/c1-3-9-4-10(26)5-13(29-2)20(9)18(27)15-12(30-8-23)6-11(16(21)17(15)31-20)19(28)32-25-14(24)7-22/h3,5-9,22-23H,1,4H2,2H3,(H2,24,25)/t9-,20+/m1/s1. The Hall–Kier alpha value is -3.99. The molecule has 1 heterocycles. The molecule has 11 nitrogen and oxygen atoms in total. The Bertz CT molecular complexity index is 1130. The molecule has 3 rings (SSSR count). The Morgan fingerprint density at radius 3 is 2.75 bits per heavy atom. The summed E-state index contributed by atoms with van der Waals surface area (Å²) in [5, 5.41) is 17.2. The first-order valence-electron chi connectivity index (χ1n) is 8.97. The number of amidine groups is 1. The second kappa shape index (κ2) is 8.63. The Balaban J connectivity index is 2.21. The first-order valence-corrected chi connectivity index (χ1v) is 9.35. The summed E-state index contributed by atoms with van der Waals surface area (Å²) in [4.78, 5) is 42.8. The average Bonchev–Trinajstić information content (AvgIpc) is 3.09. The molecule has 32 heavy (non-hydrogen) atoms. The summed E-state index contributed by atoms with van der Waals surface area (Å²) in [7, 11) is 1.27. The summed E-state index contributed by atoms with van der Waals surface area (Å²) in [5.74, 6) is -3.73. The van der Waals surface area contributed by atoms with E-state index in [1.165, 1.54) is 13.2 Å². The lowest BCUT2D eigenvalue weighted by Gasteiger charge is -2.36. The number of ketones is 2. The predicted molar refractivity (Wildman–Crippen MR) is 113 cm³/mol. The lowest BCUT2D eigenvalue weighted by Crippen LogP contribution is -2.52. The van der Waals surface area contributed by atoms with Crippen molar-refractivity contribution in [2.24, 2.45) is 16.8 Å². The second-order valence-corrected chi connectivity index (χ2v) is 6.99. The molecule has 1 aromatic rings. The summed E-state index contributed by atoms with van der Waals surface area (Å²) in [6, 6.07) is 1.08. The highest BCUT2D eigenvalue weighted by atomic mass is 35.5. The Morgan fingerprint density at radius 2 is 2.16 bits per heavy atom. The molecule has 0 radical (unpaired) electrons. The van der Waals surface area contributed by atoms with E-state index in [4.69, 9.17) is 42.4 Å². The van der Waals surface area contributed by atoms with Crippen molar-refractivity contribution in [3.63, 3.8) is 0 Å². The Kier molecular flexibility index (Phi) is 6.12. The molecular weight excluding hydrogens is 444 g/mol. The van der Waals surface area contributed by atoms with Crippen molar-refractivity contribution in [2.75, 3.05) is 7.11 Å². The molecular formula is C20H17ClN4O7. The van der Waals surface area contributed by atoms with Gasteiger partial charge in [0.25, 0.3) is 0 Å². The third-order valence-corrected chi connectivity index (χ3v) is 5.28. The molecule has 0 amide bonds. The highest BCUT2D eigenvalue weighted by molar-refractivity contribution is 6.36. The van der Waals surface area contributed by atoms with Gasteiger partial charge in [0.1, 0.15) is 11.3 Å². The van der Waals surface area contributed by atoms with Gasteiger partial charge >= 0.3 is 5.97 Å². The second-order valence-electron chi connectivity index (χ2n) is 6.61. The van der Waals surface area contributed by atoms with Crippen LogP contribution in [0.3, 0.4) is 0 Å². The van der Waals surface area contributed by atoms with Gasteiger partial charge in [0.05, 0.1) is 23.9 Å². The van der Waals surface area contributed by atoms with Crippen LogP contribution >= 0.6 is 11.6 Å². The lowest BCUT2D eigenvalue weighted by atomic mass is 9.74. The molecule has 0 bridgehead atoms. The van der Waals surface area contributed by atoms with Gasteiger partial charge in [0.2, 0.25) is 11.4 Å². The zero-order chi connectivity index (χ0) is 23.6. The number of halogens is 1. The van der Waals surface area contributed by atoms with E-state index in [-0.39, 0.29) is 51.4 Å². The number of hydrogen-bond donors (Lipinski definition) is 3. The molecule has 2 aliphatic rings. The van der Waals surface area contributed by atoms with Gasteiger partial charge in [-0.2, -0.15) is 0 Å². The number of hydrogen-bond acceptors (Lipinski definition) is 10. The number of fused-ring (bicyclic) bond motifs is 1. The third-order valence-electron chi connectivity index (χ3n) is 4.91. The molecule has 0 aromatic heterocycles. The number of oxime groups is 1. The Morgan fingerprint density at radius 1 is 1.44 bits per heavy atom. The van der Waals surface area contributed by atoms with E-state index in [9.17, 15) is 14.4 Å². The number of nitrogens with zero attached hydrogens (tertiary/aromatic N) is 1. The summed E-state index contributed by atoms with van der Waals surface area (Å²) < 4.78 is 16.4. The van der Waals surface area contributed by atoms with Crippen LogP contribution in [-0.4, -0.2) is 48.7 Å². The van der Waals surface area contributed by atoms with Crippen LogP contribution in [0.1, 0.15) is 27.1 Å². The monoisotopic (exact) mass is 460 g/mol. The fourth-order valence-corrected chi connectivity index (χ4v) is 3.78. The van der Waals surface area contributed by atoms with E-state index in [0.717, 1.165) is 12.1 Å². The smallest absolute Gasteiger partial charge is 0.367 e. The molecule has 2 atom stereocenters. The van der Waals surface area contributed by atoms with Crippen molar-refractivity contribution in [3.05, 3.63) is 46.7 Å². The van der Waals surface area contributed by atoms with Crippen LogP contribution in [0, 0.1) is 16.7 Å². The molecule has 12 heteroatoms. The highest BCUT2D eigenvalue weighted by Crippen LogP contribution is 2.53. The number of Topliss-reactive ketones (excluding diaryl/α,β-unsaturated/α-hetero) is 1. The highest BCUT2D eigenvalue weighted by Gasteiger charge is 2.60. The van der Waals surface area contributed by atoms with E-state index in [1.807, 2.05) is 0 Å². The molecule has 0 saturated carbocycles. The van der Waals surface area contributed by atoms with Crippen molar-refractivity contribution < 1.29 is 33.4 Å². The minimum absolute atomic E-state index is 0.0656. The number of carbonyl (C=O) groups excluding carboxylic acids is 3. The summed E-state index contributed by atoms with van der Waals surface area (Å²) in [5.41, 5.74) is 3.04. The van der Waals surface area contributed by atoms with E-state index in [0.29, 0.717) is 12.6 Å². The van der Waals surface area contributed by atoms with Crippen LogP contribution in [0.15, 0.2) is 35.7 Å². The SMILES string of the molecule is C=C[C@@H]1CC(=O)C=C(OC)[C@@]12Oc1c(Cl)c(C(=O)O/N=C(\N)C=N)cc(OC=N)c1C2=O. The van der Waals surface area contributed by atoms with E-state index in [2.05, 4.69) is 16.6 Å². The van der Waals surface area contributed by atoms with Gasteiger partial charge in [0, 0.05) is 18.4 Å². The normalized spacial score (nSPS) is 21.9. The first kappa shape index (κ1) is 22.7. The number of nitrogens with one attached hydrogen (secondary N) is 2. The predicted octanol–water partition coefficient (Wildman–Crippen LogP) is 2.02. The first-order chi connectivity index (χ1) is 15.2. The summed E-state index contributed by atoms with van der Waals surface area (Å²) >= 11 is 6.38. The summed E-state index contributed by atoms with van der Waals surface area (Å²) in [6.07, 6.45) is 3.66. The largest absolute Gasteiger partial charge is 0.496 e. The van der Waals surface area contributed by atoms with E-state index < -0.39 is 23.3 Å². The van der Waals surface area contributed by atoms with Gasteiger partial charge in [-0.15, -0.1) is 6.58 Å². The van der Waals surface area contributed by atoms with Crippen LogP contribution in [0.5, 0.6) is 11.5 Å². The van der Waals surface area contributed by atoms with Gasteiger partial charge in [-0.05, 0) is 6.07 Å². The summed E-state index contributed by atoms with van der Waals surface area (Å²) in [6.45, 7) is 3.69. The van der Waals surface area contributed by atoms with Gasteiger partial charge in [-0.3, -0.25) is 15.0 Å². The topological polar surface area (TPSA) is 174 Å². The fraction of sp³-hybridized carbons (Fsp3) is 0.200. The number of methoxy groups -OCH3 is 1. The molecule has 1 aliphatic heterocycles. The molecule has 0 unspecified atom stereocenters. The molecule has 4 N–H and O–H groups in total. The minimum atomic E-state index is -1.80. The lowest BCUT2D eigenvalue weighted by molar-refractivity contribution is -0.117. The van der Waals surface area contributed by atoms with Crippen molar-refractivity contribution in [1.29, 1.82) is 10.8 Å². The van der Waals surface area contributed by atoms with E-state index >= 15 is 0 Å². The molecule has 0 saturated heterocycles. The number of rotatable bonds is 7. The van der Waals surface area contributed by atoms with Crippen molar-refractivity contribution in [1.82, 2.24) is 0 Å². The van der Waals surface area contributed by atoms with Crippen LogP contribution in [0.4, 0.5) is 0 Å². The van der Waals surface area contributed by atoms with Crippen LogP contribution in [0.2, 0.25) is 5.02 Å². The maximum absolute atomic E-state index is 13.6. The quantitative estimate of drug-likeness (QED) is 0.182. The Labute approximate surface area is 186 Å². The molecule has 1 aromatic carbocycles. The van der Waals surface area contributed by atoms with Gasteiger partial charge < -0.3 is 30.2 Å². The minimum Gasteiger partial charge on any atom is -0.496 e. The zero-order valence-electron chi connectivity index (χ0n) is 16.6. The van der Waals surface area contributed by atoms with Gasteiger partial charge in [-0.1, -0.05) is 22.8 Å². The molecule has 1 spiro atoms. The number of carbonyl (C=O) groups is 3. The number of allylic oxidation sites excluding steroid dienone is 1. The number of nitrogens with two attached hydrogens (primary N) is 1. The van der Waals surface area contributed by atoms with Crippen molar-refractivity contribution in [3.8, 4) is 11.5 Å². The van der Waals surface area contributed by atoms with Crippen LogP contribution in [-0.2, 0) is 14.4 Å². The molecule has 0 fully saturated rings. The maximum atomic E-state index is 13.6. The van der Waals surface area contributed by atoms with Crippen LogP contribution < -0.4 is 15.2 Å². The van der Waals surface area contributed by atoms with Gasteiger partial charge in [0.15, 0.2) is 29.5 Å². The van der Waals surface area contributed by atoms with E-state index in [1.54, 1.807) is 0 Å². The molecule has 166 valence electrons. The molecule has 1 aliphatic carbocycles. The zero-order valence-corrected chi connectivity index (χ0v) is 17.4. The van der Waals surface area contributed by atoms with Gasteiger partial charge in [-0.25, -0.2) is 4.79 Å². The number of benzene rings is 1. The fourth-order valence-electron chi connectivity index (χ4n) is 3.51. The van der Waals surface area contributed by atoms with Crippen molar-refractivity contribution >= 4 is 47.6 Å². The van der Waals surface area contributed by atoms with Crippen LogP contribution in [0.25, 0.3) is 0 Å². The third kappa shape index (κ3) is 3.42. The maximum Gasteiger partial charge on any atom is 0.367 e.